The van der Waals surface area contributed by atoms with Crippen LogP contribution in [-0.2, 0) is 0 Å². The van der Waals surface area contributed by atoms with Gasteiger partial charge in [0.05, 0.1) is 0 Å². The number of rotatable bonds is 1. The van der Waals surface area contributed by atoms with Crippen molar-refractivity contribution < 1.29 is 0 Å². The van der Waals surface area contributed by atoms with E-state index in [0.29, 0.717) is 10.8 Å². The first-order valence-corrected chi connectivity index (χ1v) is 6.88. The van der Waals surface area contributed by atoms with Gasteiger partial charge in [-0.3, -0.25) is 0 Å². The van der Waals surface area contributed by atoms with E-state index in [1.165, 1.54) is 25.8 Å². The van der Waals surface area contributed by atoms with Crippen molar-refractivity contribution in [3.8, 4) is 0 Å². The SMILES string of the molecule is CCC1N(C)CC(C)(C)CC(C)CC1(C)C. The van der Waals surface area contributed by atoms with Crippen LogP contribution >= 0.6 is 0 Å². The summed E-state index contributed by atoms with van der Waals surface area (Å²) in [5, 5.41) is 0. The lowest BCUT2D eigenvalue weighted by Crippen LogP contribution is -2.49. The lowest BCUT2D eigenvalue weighted by Gasteiger charge is -2.48. The van der Waals surface area contributed by atoms with E-state index >= 15 is 0 Å². The second-order valence-electron chi connectivity index (χ2n) is 7.51. The van der Waals surface area contributed by atoms with E-state index in [4.69, 9.17) is 0 Å². The molecule has 2 atom stereocenters. The van der Waals surface area contributed by atoms with Crippen LogP contribution in [0, 0.1) is 16.7 Å². The van der Waals surface area contributed by atoms with E-state index in [-0.39, 0.29) is 0 Å². The molecular formula is C15H31N. The van der Waals surface area contributed by atoms with Gasteiger partial charge in [-0.1, -0.05) is 41.5 Å². The van der Waals surface area contributed by atoms with Gasteiger partial charge in [0.15, 0.2) is 0 Å². The van der Waals surface area contributed by atoms with Crippen molar-refractivity contribution in [2.75, 3.05) is 13.6 Å². The van der Waals surface area contributed by atoms with Crippen LogP contribution in [0.4, 0.5) is 0 Å². The summed E-state index contributed by atoms with van der Waals surface area (Å²) < 4.78 is 0. The fourth-order valence-electron chi connectivity index (χ4n) is 4.36. The summed E-state index contributed by atoms with van der Waals surface area (Å²) in [7, 11) is 2.31. The van der Waals surface area contributed by atoms with Gasteiger partial charge in [0.2, 0.25) is 0 Å². The first-order chi connectivity index (χ1) is 7.18. The molecule has 0 spiro atoms. The topological polar surface area (TPSA) is 3.24 Å². The number of likely N-dealkylation sites (tertiary alicyclic amines) is 1. The molecule has 0 aliphatic carbocycles. The Bertz CT molecular complexity index is 230. The van der Waals surface area contributed by atoms with E-state index in [1.54, 1.807) is 0 Å². The highest BCUT2D eigenvalue weighted by Crippen LogP contribution is 2.41. The van der Waals surface area contributed by atoms with E-state index < -0.39 is 0 Å². The minimum absolute atomic E-state index is 0.458. The van der Waals surface area contributed by atoms with Crippen LogP contribution in [-0.4, -0.2) is 24.5 Å². The lowest BCUT2D eigenvalue weighted by atomic mass is 9.69. The highest BCUT2D eigenvalue weighted by molar-refractivity contribution is 4.91. The molecule has 0 aromatic rings. The molecule has 16 heavy (non-hydrogen) atoms. The normalized spacial score (nSPS) is 35.4. The van der Waals surface area contributed by atoms with Crippen molar-refractivity contribution in [1.82, 2.24) is 4.90 Å². The van der Waals surface area contributed by atoms with Crippen molar-refractivity contribution in [3.05, 3.63) is 0 Å². The summed E-state index contributed by atoms with van der Waals surface area (Å²) in [6, 6.07) is 0.731. The van der Waals surface area contributed by atoms with Gasteiger partial charge in [-0.2, -0.15) is 0 Å². The van der Waals surface area contributed by atoms with Crippen LogP contribution in [0.5, 0.6) is 0 Å². The standard InChI is InChI=1S/C15H31N/c1-8-13-15(5,6)10-12(2)9-14(3,4)11-16(13)7/h12-13H,8-11H2,1-7H3. The Hall–Kier alpha value is -0.0400. The molecule has 0 saturated carbocycles. The van der Waals surface area contributed by atoms with E-state index in [2.05, 4.69) is 53.5 Å². The predicted octanol–water partition coefficient (Wildman–Crippen LogP) is 4.18. The van der Waals surface area contributed by atoms with Crippen LogP contribution in [0.2, 0.25) is 0 Å². The highest BCUT2D eigenvalue weighted by Gasteiger charge is 2.38. The zero-order valence-corrected chi connectivity index (χ0v) is 12.4. The Morgan fingerprint density at radius 2 is 1.69 bits per heavy atom. The van der Waals surface area contributed by atoms with Gasteiger partial charge in [0, 0.05) is 12.6 Å². The number of hydrogen-bond acceptors (Lipinski definition) is 1. The third-order valence-corrected chi connectivity index (χ3v) is 4.27. The molecular weight excluding hydrogens is 194 g/mol. The van der Waals surface area contributed by atoms with Gasteiger partial charge >= 0.3 is 0 Å². The summed E-state index contributed by atoms with van der Waals surface area (Å²) in [6.07, 6.45) is 3.99. The second-order valence-corrected chi connectivity index (χ2v) is 7.51. The maximum atomic E-state index is 2.60. The molecule has 0 aromatic heterocycles. The number of hydrogen-bond donors (Lipinski definition) is 0. The van der Waals surface area contributed by atoms with Crippen LogP contribution in [0.15, 0.2) is 0 Å². The average molecular weight is 225 g/mol. The van der Waals surface area contributed by atoms with Crippen molar-refractivity contribution in [2.45, 2.75) is 66.8 Å². The van der Waals surface area contributed by atoms with Crippen molar-refractivity contribution >= 4 is 0 Å². The highest BCUT2D eigenvalue weighted by atomic mass is 15.1. The maximum Gasteiger partial charge on any atom is 0.0141 e. The Balaban J connectivity index is 2.91. The summed E-state index contributed by atoms with van der Waals surface area (Å²) in [5.74, 6) is 0.854. The van der Waals surface area contributed by atoms with Crippen LogP contribution in [0.25, 0.3) is 0 Å². The first kappa shape index (κ1) is 14.0. The third kappa shape index (κ3) is 3.23. The molecule has 0 amide bonds. The summed E-state index contributed by atoms with van der Waals surface area (Å²) in [5.41, 5.74) is 0.928. The Morgan fingerprint density at radius 3 is 2.19 bits per heavy atom. The van der Waals surface area contributed by atoms with E-state index in [0.717, 1.165) is 12.0 Å². The third-order valence-electron chi connectivity index (χ3n) is 4.27. The minimum atomic E-state index is 0.458. The molecule has 0 aromatic carbocycles. The fraction of sp³-hybridized carbons (Fsp3) is 1.00. The monoisotopic (exact) mass is 225 g/mol. The predicted molar refractivity (Wildman–Crippen MR) is 72.7 cm³/mol. The van der Waals surface area contributed by atoms with Crippen molar-refractivity contribution in [2.24, 2.45) is 16.7 Å². The largest absolute Gasteiger partial charge is 0.302 e. The molecule has 96 valence electrons. The summed E-state index contributed by atoms with van der Waals surface area (Å²) in [4.78, 5) is 2.60. The first-order valence-electron chi connectivity index (χ1n) is 6.88. The van der Waals surface area contributed by atoms with Crippen molar-refractivity contribution in [3.63, 3.8) is 0 Å². The molecule has 1 nitrogen and oxygen atoms in total. The molecule has 0 bridgehead atoms. The van der Waals surface area contributed by atoms with Gasteiger partial charge in [-0.25, -0.2) is 0 Å². The molecule has 1 heteroatoms. The molecule has 1 saturated heterocycles. The molecule has 1 heterocycles. The molecule has 1 aliphatic heterocycles. The summed E-state index contributed by atoms with van der Waals surface area (Å²) in [6.45, 7) is 15.7. The van der Waals surface area contributed by atoms with E-state index in [9.17, 15) is 0 Å². The molecule has 2 unspecified atom stereocenters. The Labute approximate surface area is 103 Å². The van der Waals surface area contributed by atoms with Crippen LogP contribution in [0.3, 0.4) is 0 Å². The van der Waals surface area contributed by atoms with Crippen LogP contribution in [0.1, 0.15) is 60.8 Å². The maximum absolute atomic E-state index is 2.60. The van der Waals surface area contributed by atoms with Crippen molar-refractivity contribution in [1.29, 1.82) is 0 Å². The molecule has 1 rings (SSSR count). The molecule has 1 aliphatic rings. The summed E-state index contributed by atoms with van der Waals surface area (Å²) >= 11 is 0. The molecule has 0 radical (unpaired) electrons. The van der Waals surface area contributed by atoms with Crippen LogP contribution < -0.4 is 0 Å². The van der Waals surface area contributed by atoms with Gasteiger partial charge in [0.1, 0.15) is 0 Å². The number of nitrogens with zero attached hydrogens (tertiary/aromatic N) is 1. The van der Waals surface area contributed by atoms with Gasteiger partial charge in [-0.15, -0.1) is 0 Å². The Morgan fingerprint density at radius 1 is 1.12 bits per heavy atom. The fourth-order valence-corrected chi connectivity index (χ4v) is 4.36. The Kier molecular flexibility index (Phi) is 4.10. The van der Waals surface area contributed by atoms with E-state index in [1.807, 2.05) is 0 Å². The average Bonchev–Trinajstić information content (AvgIpc) is 1.97. The molecule has 0 N–H and O–H groups in total. The van der Waals surface area contributed by atoms with Gasteiger partial charge in [0.25, 0.3) is 0 Å². The quantitative estimate of drug-likeness (QED) is 0.647. The van der Waals surface area contributed by atoms with Gasteiger partial charge in [-0.05, 0) is 43.1 Å². The lowest BCUT2D eigenvalue weighted by molar-refractivity contribution is 0.0212. The zero-order chi connectivity index (χ0) is 12.6. The smallest absolute Gasteiger partial charge is 0.0141 e. The zero-order valence-electron chi connectivity index (χ0n) is 12.4. The molecule has 1 fully saturated rings. The van der Waals surface area contributed by atoms with Gasteiger partial charge < -0.3 is 4.90 Å². The second kappa shape index (κ2) is 4.68. The minimum Gasteiger partial charge on any atom is -0.302 e.